The van der Waals surface area contributed by atoms with Crippen LogP contribution in [0, 0.1) is 0 Å². The highest BCUT2D eigenvalue weighted by atomic mass is 16.7. The molecular formula is C18H26N4O3. The van der Waals surface area contributed by atoms with Crippen molar-refractivity contribution in [1.82, 2.24) is 19.7 Å². The van der Waals surface area contributed by atoms with Crippen LogP contribution in [0.5, 0.6) is 11.5 Å². The standard InChI is InChI=1S/C18H26N4O3/c1-13(2)22-11-19-20-18(22)9-21(14(3)10-23-4)8-15-5-6-16-17(7-15)25-12-24-16/h5-7,11,13-14H,8-10,12H2,1-4H3. The molecule has 0 spiro atoms. The zero-order valence-electron chi connectivity index (χ0n) is 15.3. The molecule has 136 valence electrons. The molecule has 1 aromatic heterocycles. The Hall–Kier alpha value is -2.12. The maximum Gasteiger partial charge on any atom is 0.231 e. The van der Waals surface area contributed by atoms with Gasteiger partial charge in [-0.15, -0.1) is 10.2 Å². The molecule has 0 amide bonds. The first-order chi connectivity index (χ1) is 12.1. The highest BCUT2D eigenvalue weighted by molar-refractivity contribution is 5.44. The second-order valence-electron chi connectivity index (χ2n) is 6.65. The maximum atomic E-state index is 5.49. The fourth-order valence-corrected chi connectivity index (χ4v) is 2.98. The number of ether oxygens (including phenoxy) is 3. The van der Waals surface area contributed by atoms with E-state index in [0.717, 1.165) is 23.9 Å². The van der Waals surface area contributed by atoms with Gasteiger partial charge in [0.15, 0.2) is 11.5 Å². The molecule has 3 rings (SSSR count). The van der Waals surface area contributed by atoms with Crippen LogP contribution < -0.4 is 9.47 Å². The minimum Gasteiger partial charge on any atom is -0.454 e. The summed E-state index contributed by atoms with van der Waals surface area (Å²) in [5.41, 5.74) is 1.17. The highest BCUT2D eigenvalue weighted by Gasteiger charge is 2.20. The van der Waals surface area contributed by atoms with Crippen LogP contribution >= 0.6 is 0 Å². The zero-order chi connectivity index (χ0) is 17.8. The number of fused-ring (bicyclic) bond motifs is 1. The van der Waals surface area contributed by atoms with Crippen LogP contribution in [0.15, 0.2) is 24.5 Å². The van der Waals surface area contributed by atoms with Crippen LogP contribution in [0.25, 0.3) is 0 Å². The summed E-state index contributed by atoms with van der Waals surface area (Å²) in [6, 6.07) is 6.66. The lowest BCUT2D eigenvalue weighted by molar-refractivity contribution is 0.0866. The van der Waals surface area contributed by atoms with E-state index in [9.17, 15) is 0 Å². The molecule has 0 saturated carbocycles. The molecule has 1 unspecified atom stereocenters. The number of hydrogen-bond donors (Lipinski definition) is 0. The first-order valence-electron chi connectivity index (χ1n) is 8.58. The Morgan fingerprint density at radius 1 is 1.20 bits per heavy atom. The van der Waals surface area contributed by atoms with Crippen LogP contribution in [-0.2, 0) is 17.8 Å². The Morgan fingerprint density at radius 3 is 2.76 bits per heavy atom. The Balaban J connectivity index is 1.78. The van der Waals surface area contributed by atoms with Crippen LogP contribution in [-0.4, -0.2) is 46.2 Å². The molecule has 1 atom stereocenters. The van der Waals surface area contributed by atoms with E-state index in [1.54, 1.807) is 13.4 Å². The number of methoxy groups -OCH3 is 1. The lowest BCUT2D eigenvalue weighted by atomic mass is 10.1. The first kappa shape index (κ1) is 17.7. The van der Waals surface area contributed by atoms with Crippen molar-refractivity contribution in [2.75, 3.05) is 20.5 Å². The van der Waals surface area contributed by atoms with Crippen molar-refractivity contribution >= 4 is 0 Å². The summed E-state index contributed by atoms with van der Waals surface area (Å²) in [7, 11) is 1.73. The van der Waals surface area contributed by atoms with Crippen molar-refractivity contribution in [2.45, 2.75) is 45.9 Å². The third kappa shape index (κ3) is 4.11. The fraction of sp³-hybridized carbons (Fsp3) is 0.556. The number of nitrogens with zero attached hydrogens (tertiary/aromatic N) is 4. The third-order valence-corrected chi connectivity index (χ3v) is 4.40. The average Bonchev–Trinajstić information content (AvgIpc) is 3.22. The van der Waals surface area contributed by atoms with Gasteiger partial charge in [-0.05, 0) is 38.5 Å². The molecule has 0 saturated heterocycles. The fourth-order valence-electron chi connectivity index (χ4n) is 2.98. The van der Waals surface area contributed by atoms with E-state index < -0.39 is 0 Å². The van der Waals surface area contributed by atoms with E-state index in [-0.39, 0.29) is 6.04 Å². The van der Waals surface area contributed by atoms with E-state index in [1.165, 1.54) is 5.56 Å². The lowest BCUT2D eigenvalue weighted by Crippen LogP contribution is -2.36. The SMILES string of the molecule is COCC(C)N(Cc1ccc2c(c1)OCO2)Cc1nncn1C(C)C. The Morgan fingerprint density at radius 2 is 2.00 bits per heavy atom. The smallest absolute Gasteiger partial charge is 0.231 e. The quantitative estimate of drug-likeness (QED) is 0.732. The monoisotopic (exact) mass is 346 g/mol. The van der Waals surface area contributed by atoms with Crippen molar-refractivity contribution < 1.29 is 14.2 Å². The molecule has 0 radical (unpaired) electrons. The van der Waals surface area contributed by atoms with Crippen LogP contribution in [0.4, 0.5) is 0 Å². The van der Waals surface area contributed by atoms with Gasteiger partial charge < -0.3 is 18.8 Å². The van der Waals surface area contributed by atoms with Gasteiger partial charge in [0.05, 0.1) is 13.2 Å². The average molecular weight is 346 g/mol. The zero-order valence-corrected chi connectivity index (χ0v) is 15.3. The van der Waals surface area contributed by atoms with Gasteiger partial charge in [-0.1, -0.05) is 6.07 Å². The van der Waals surface area contributed by atoms with E-state index in [2.05, 4.69) is 46.5 Å². The van der Waals surface area contributed by atoms with E-state index in [1.807, 2.05) is 12.1 Å². The molecule has 1 aromatic carbocycles. The second kappa shape index (κ2) is 7.84. The molecule has 2 heterocycles. The lowest BCUT2D eigenvalue weighted by Gasteiger charge is -2.28. The normalized spacial score (nSPS) is 14.5. The number of benzene rings is 1. The molecular weight excluding hydrogens is 320 g/mol. The van der Waals surface area contributed by atoms with Gasteiger partial charge in [0, 0.05) is 25.7 Å². The van der Waals surface area contributed by atoms with Crippen LogP contribution in [0.3, 0.4) is 0 Å². The van der Waals surface area contributed by atoms with Gasteiger partial charge in [0.1, 0.15) is 12.2 Å². The molecule has 0 fully saturated rings. The number of hydrogen-bond acceptors (Lipinski definition) is 6. The molecule has 0 bridgehead atoms. The minimum atomic E-state index is 0.243. The summed E-state index contributed by atoms with van der Waals surface area (Å²) in [6.07, 6.45) is 1.79. The molecule has 7 heteroatoms. The topological polar surface area (TPSA) is 61.6 Å². The van der Waals surface area contributed by atoms with Crippen molar-refractivity contribution in [2.24, 2.45) is 0 Å². The van der Waals surface area contributed by atoms with Gasteiger partial charge >= 0.3 is 0 Å². The maximum absolute atomic E-state index is 5.49. The third-order valence-electron chi connectivity index (χ3n) is 4.40. The molecule has 1 aliphatic rings. The molecule has 25 heavy (non-hydrogen) atoms. The van der Waals surface area contributed by atoms with Crippen molar-refractivity contribution in [3.05, 3.63) is 35.9 Å². The van der Waals surface area contributed by atoms with Gasteiger partial charge in [0.25, 0.3) is 0 Å². The van der Waals surface area contributed by atoms with Crippen LogP contribution in [0.1, 0.15) is 38.2 Å². The number of aromatic nitrogens is 3. The van der Waals surface area contributed by atoms with Gasteiger partial charge in [-0.3, -0.25) is 4.90 Å². The minimum absolute atomic E-state index is 0.243. The van der Waals surface area contributed by atoms with Crippen molar-refractivity contribution in [1.29, 1.82) is 0 Å². The Labute approximate surface area is 148 Å². The van der Waals surface area contributed by atoms with Gasteiger partial charge in [-0.25, -0.2) is 0 Å². The summed E-state index contributed by atoms with van der Waals surface area (Å²) in [4.78, 5) is 2.34. The van der Waals surface area contributed by atoms with Crippen molar-refractivity contribution in [3.63, 3.8) is 0 Å². The first-order valence-corrected chi connectivity index (χ1v) is 8.58. The molecule has 2 aromatic rings. The molecule has 0 N–H and O–H groups in total. The van der Waals surface area contributed by atoms with Gasteiger partial charge in [0.2, 0.25) is 6.79 Å². The summed E-state index contributed by atoms with van der Waals surface area (Å²) in [5.74, 6) is 2.57. The summed E-state index contributed by atoms with van der Waals surface area (Å²) >= 11 is 0. The largest absolute Gasteiger partial charge is 0.454 e. The predicted octanol–water partition coefficient (Wildman–Crippen LogP) is 2.62. The van der Waals surface area contributed by atoms with Crippen LogP contribution in [0.2, 0.25) is 0 Å². The van der Waals surface area contributed by atoms with E-state index in [0.29, 0.717) is 26.0 Å². The molecule has 1 aliphatic heterocycles. The summed E-state index contributed by atoms with van der Waals surface area (Å²) < 4.78 is 18.4. The van der Waals surface area contributed by atoms with E-state index >= 15 is 0 Å². The van der Waals surface area contributed by atoms with E-state index in [4.69, 9.17) is 14.2 Å². The Bertz CT molecular complexity index is 701. The van der Waals surface area contributed by atoms with Gasteiger partial charge in [-0.2, -0.15) is 0 Å². The number of rotatable bonds is 8. The molecule has 0 aliphatic carbocycles. The molecule has 7 nitrogen and oxygen atoms in total. The predicted molar refractivity (Wildman–Crippen MR) is 93.6 cm³/mol. The highest BCUT2D eigenvalue weighted by Crippen LogP contribution is 2.33. The second-order valence-corrected chi connectivity index (χ2v) is 6.65. The van der Waals surface area contributed by atoms with Crippen molar-refractivity contribution in [3.8, 4) is 11.5 Å². The Kier molecular flexibility index (Phi) is 5.55. The summed E-state index contributed by atoms with van der Waals surface area (Å²) in [6.45, 7) is 8.84. The summed E-state index contributed by atoms with van der Waals surface area (Å²) in [5, 5.41) is 8.38.